The van der Waals surface area contributed by atoms with Crippen molar-refractivity contribution in [1.29, 1.82) is 0 Å². The lowest BCUT2D eigenvalue weighted by Gasteiger charge is -2.14. The quantitative estimate of drug-likeness (QED) is 0.289. The van der Waals surface area contributed by atoms with Gasteiger partial charge in [-0.2, -0.15) is 0 Å². The van der Waals surface area contributed by atoms with E-state index in [1.807, 2.05) is 24.3 Å². The summed E-state index contributed by atoms with van der Waals surface area (Å²) in [6.45, 7) is -0.198. The van der Waals surface area contributed by atoms with Gasteiger partial charge >= 0.3 is 0 Å². The van der Waals surface area contributed by atoms with Gasteiger partial charge in [0.25, 0.3) is 17.1 Å². The Kier molecular flexibility index (Phi) is 7.53. The highest BCUT2D eigenvalue weighted by Crippen LogP contribution is 2.38. The number of ether oxygens (including phenoxy) is 2. The lowest BCUT2D eigenvalue weighted by molar-refractivity contribution is -0.118. The third-order valence-corrected chi connectivity index (χ3v) is 6.43. The van der Waals surface area contributed by atoms with E-state index in [1.165, 1.54) is 7.11 Å². The Morgan fingerprint density at radius 3 is 2.41 bits per heavy atom. The van der Waals surface area contributed by atoms with Crippen molar-refractivity contribution >= 4 is 68.9 Å². The minimum atomic E-state index is -0.381. The topological polar surface area (TPSA) is 84.9 Å². The molecule has 0 unspecified atom stereocenters. The van der Waals surface area contributed by atoms with Crippen LogP contribution >= 0.6 is 34.4 Å². The predicted molar refractivity (Wildman–Crippen MR) is 141 cm³/mol. The molecule has 1 saturated heterocycles. The number of anilines is 2. The van der Waals surface area contributed by atoms with Crippen LogP contribution in [0, 0.1) is 3.57 Å². The minimum Gasteiger partial charge on any atom is -0.493 e. The molecule has 0 aliphatic carbocycles. The molecule has 0 aromatic heterocycles. The summed E-state index contributed by atoms with van der Waals surface area (Å²) in [6.07, 6.45) is 1.64. The molecule has 0 bridgehead atoms. The van der Waals surface area contributed by atoms with Crippen LogP contribution in [-0.4, -0.2) is 30.8 Å². The number of imide groups is 1. The summed E-state index contributed by atoms with van der Waals surface area (Å²) in [5, 5.41) is 2.41. The molecule has 4 rings (SSSR count). The Balaban J connectivity index is 1.50. The molecule has 3 amide bonds. The van der Waals surface area contributed by atoms with E-state index in [-0.39, 0.29) is 23.7 Å². The van der Waals surface area contributed by atoms with E-state index in [2.05, 4.69) is 27.9 Å². The number of carbonyl (C=O) groups excluding carboxylic acids is 3. The molecule has 3 aromatic carbocycles. The zero-order valence-corrected chi connectivity index (χ0v) is 21.0. The molecule has 172 valence electrons. The SMILES string of the molecule is COc1cc(/C=C2/SC(=O)N(c3ccccc3)C2=O)cc(I)c1OCC(=O)Nc1ccccc1. The third kappa shape index (κ3) is 5.42. The van der Waals surface area contributed by atoms with Crippen LogP contribution in [0.1, 0.15) is 5.56 Å². The van der Waals surface area contributed by atoms with Crippen LogP contribution in [0.2, 0.25) is 0 Å². The van der Waals surface area contributed by atoms with Crippen molar-refractivity contribution in [2.24, 2.45) is 0 Å². The van der Waals surface area contributed by atoms with E-state index >= 15 is 0 Å². The van der Waals surface area contributed by atoms with Gasteiger partial charge in [-0.1, -0.05) is 36.4 Å². The summed E-state index contributed by atoms with van der Waals surface area (Å²) in [5.41, 5.74) is 1.87. The van der Waals surface area contributed by atoms with Crippen molar-refractivity contribution in [2.75, 3.05) is 23.9 Å². The maximum absolute atomic E-state index is 12.9. The van der Waals surface area contributed by atoms with E-state index in [9.17, 15) is 14.4 Å². The average Bonchev–Trinajstić information content (AvgIpc) is 3.11. The Bertz CT molecular complexity index is 1270. The highest BCUT2D eigenvalue weighted by molar-refractivity contribution is 14.1. The Hall–Kier alpha value is -3.31. The van der Waals surface area contributed by atoms with Crippen molar-refractivity contribution in [3.63, 3.8) is 0 Å². The maximum atomic E-state index is 12.9. The van der Waals surface area contributed by atoms with Gasteiger partial charge in [0, 0.05) is 5.69 Å². The molecule has 1 heterocycles. The monoisotopic (exact) mass is 586 g/mol. The number of halogens is 1. The number of methoxy groups -OCH3 is 1. The Labute approximate surface area is 214 Å². The number of rotatable bonds is 7. The molecule has 0 radical (unpaired) electrons. The third-order valence-electron chi connectivity index (χ3n) is 4.76. The first kappa shape index (κ1) is 23.8. The van der Waals surface area contributed by atoms with Crippen LogP contribution in [0.3, 0.4) is 0 Å². The molecule has 1 aliphatic heterocycles. The zero-order chi connectivity index (χ0) is 24.1. The predicted octanol–water partition coefficient (Wildman–Crippen LogP) is 5.56. The summed E-state index contributed by atoms with van der Waals surface area (Å²) in [5.74, 6) is 0.143. The van der Waals surface area contributed by atoms with Gasteiger partial charge in [0.1, 0.15) is 0 Å². The van der Waals surface area contributed by atoms with E-state index in [0.29, 0.717) is 36.9 Å². The number of thioether (sulfide) groups is 1. The fraction of sp³-hybridized carbons (Fsp3) is 0.0800. The summed E-state index contributed by atoms with van der Waals surface area (Å²) in [6, 6.07) is 21.4. The van der Waals surface area contributed by atoms with E-state index in [1.54, 1.807) is 54.6 Å². The van der Waals surface area contributed by atoms with Crippen molar-refractivity contribution in [3.8, 4) is 11.5 Å². The highest BCUT2D eigenvalue weighted by atomic mass is 127. The number of hydrogen-bond donors (Lipinski definition) is 1. The van der Waals surface area contributed by atoms with Crippen molar-refractivity contribution < 1.29 is 23.9 Å². The van der Waals surface area contributed by atoms with Crippen molar-refractivity contribution in [2.45, 2.75) is 0 Å². The van der Waals surface area contributed by atoms with Gasteiger partial charge in [-0.3, -0.25) is 14.4 Å². The van der Waals surface area contributed by atoms with Crippen LogP contribution in [0.15, 0.2) is 77.7 Å². The molecule has 0 atom stereocenters. The number of benzene rings is 3. The largest absolute Gasteiger partial charge is 0.493 e. The summed E-state index contributed by atoms with van der Waals surface area (Å²) in [7, 11) is 1.50. The second-order valence-electron chi connectivity index (χ2n) is 7.09. The second-order valence-corrected chi connectivity index (χ2v) is 9.25. The van der Waals surface area contributed by atoms with E-state index in [4.69, 9.17) is 9.47 Å². The number of amides is 3. The summed E-state index contributed by atoms with van der Waals surface area (Å²) < 4.78 is 11.9. The number of nitrogens with zero attached hydrogens (tertiary/aromatic N) is 1. The Morgan fingerprint density at radius 2 is 1.74 bits per heavy atom. The fourth-order valence-corrected chi connectivity index (χ4v) is 4.86. The summed E-state index contributed by atoms with van der Waals surface area (Å²) in [4.78, 5) is 39.0. The minimum absolute atomic E-state index is 0.198. The number of carbonyl (C=O) groups is 3. The first-order chi connectivity index (χ1) is 16.5. The number of hydrogen-bond acceptors (Lipinski definition) is 6. The van der Waals surface area contributed by atoms with Crippen LogP contribution < -0.4 is 19.7 Å². The van der Waals surface area contributed by atoms with Gasteiger partial charge in [0.05, 0.1) is 21.3 Å². The molecule has 0 saturated carbocycles. The summed E-state index contributed by atoms with van der Waals surface area (Å²) >= 11 is 2.96. The first-order valence-corrected chi connectivity index (χ1v) is 12.0. The van der Waals surface area contributed by atoms with Gasteiger partial charge in [0.2, 0.25) is 0 Å². The van der Waals surface area contributed by atoms with Crippen LogP contribution in [-0.2, 0) is 9.59 Å². The smallest absolute Gasteiger partial charge is 0.298 e. The van der Waals surface area contributed by atoms with Crippen LogP contribution in [0.25, 0.3) is 6.08 Å². The molecular weight excluding hydrogens is 567 g/mol. The fourth-order valence-electron chi connectivity index (χ4n) is 3.24. The van der Waals surface area contributed by atoms with E-state index < -0.39 is 0 Å². The van der Waals surface area contributed by atoms with Gasteiger partial charge in [-0.25, -0.2) is 4.90 Å². The normalized spacial score (nSPS) is 14.4. The number of nitrogens with one attached hydrogen (secondary N) is 1. The van der Waals surface area contributed by atoms with Crippen molar-refractivity contribution in [3.05, 3.63) is 86.8 Å². The molecule has 1 fully saturated rings. The van der Waals surface area contributed by atoms with Gasteiger partial charge < -0.3 is 14.8 Å². The molecule has 1 aliphatic rings. The molecule has 1 N–H and O–H groups in total. The average molecular weight is 586 g/mol. The lowest BCUT2D eigenvalue weighted by atomic mass is 10.1. The Morgan fingerprint density at radius 1 is 1.06 bits per heavy atom. The zero-order valence-electron chi connectivity index (χ0n) is 18.0. The molecule has 34 heavy (non-hydrogen) atoms. The van der Waals surface area contributed by atoms with Crippen LogP contribution in [0.4, 0.5) is 16.2 Å². The molecule has 7 nitrogen and oxygen atoms in total. The second kappa shape index (κ2) is 10.7. The van der Waals surface area contributed by atoms with Crippen LogP contribution in [0.5, 0.6) is 11.5 Å². The maximum Gasteiger partial charge on any atom is 0.298 e. The lowest BCUT2D eigenvalue weighted by Crippen LogP contribution is -2.27. The standard InChI is InChI=1S/C25H19IN2O5S/c1-32-20-13-16(14-21-24(30)28(25(31)34-21)18-10-6-3-7-11-18)12-19(26)23(20)33-15-22(29)27-17-8-4-2-5-9-17/h2-14H,15H2,1H3,(H,27,29)/b21-14+. The van der Waals surface area contributed by atoms with Gasteiger partial charge in [-0.15, -0.1) is 0 Å². The molecular formula is C25H19IN2O5S. The van der Waals surface area contributed by atoms with E-state index in [0.717, 1.165) is 16.7 Å². The molecule has 9 heteroatoms. The van der Waals surface area contributed by atoms with Gasteiger partial charge in [0.15, 0.2) is 18.1 Å². The molecule has 3 aromatic rings. The number of para-hydroxylation sites is 2. The highest BCUT2D eigenvalue weighted by Gasteiger charge is 2.36. The molecule has 0 spiro atoms. The van der Waals surface area contributed by atoms with Crippen molar-refractivity contribution in [1.82, 2.24) is 0 Å². The van der Waals surface area contributed by atoms with Gasteiger partial charge in [-0.05, 0) is 82.4 Å². The first-order valence-electron chi connectivity index (χ1n) is 10.1.